The molecular formula is C33H22F9N5O2. The van der Waals surface area contributed by atoms with Crippen molar-refractivity contribution in [2.75, 3.05) is 0 Å². The summed E-state index contributed by atoms with van der Waals surface area (Å²) in [6.07, 6.45) is -11.1. The number of fused-ring (bicyclic) bond motifs is 1. The molecule has 0 fully saturated rings. The van der Waals surface area contributed by atoms with Crippen LogP contribution in [0.3, 0.4) is 0 Å². The molecule has 0 atom stereocenters. The summed E-state index contributed by atoms with van der Waals surface area (Å²) in [4.78, 5) is 30.3. The van der Waals surface area contributed by atoms with E-state index < -0.39 is 53.0 Å². The van der Waals surface area contributed by atoms with Gasteiger partial charge in [-0.3, -0.25) is 18.6 Å². The van der Waals surface area contributed by atoms with E-state index in [2.05, 4.69) is 10.1 Å². The topological polar surface area (TPSA) is 77.6 Å². The van der Waals surface area contributed by atoms with E-state index in [1.807, 2.05) is 0 Å². The molecule has 0 spiro atoms. The lowest BCUT2D eigenvalue weighted by Crippen LogP contribution is -2.40. The molecule has 6 rings (SSSR count). The second-order valence-corrected chi connectivity index (χ2v) is 11.2. The van der Waals surface area contributed by atoms with Crippen LogP contribution in [-0.4, -0.2) is 23.9 Å². The Morgan fingerprint density at radius 3 is 1.76 bits per heavy atom. The molecule has 3 aromatic heterocycles. The van der Waals surface area contributed by atoms with Gasteiger partial charge in [0.15, 0.2) is 0 Å². The lowest BCUT2D eigenvalue weighted by Gasteiger charge is -2.14. The predicted molar refractivity (Wildman–Crippen MR) is 160 cm³/mol. The lowest BCUT2D eigenvalue weighted by atomic mass is 10.1. The van der Waals surface area contributed by atoms with Gasteiger partial charge in [0.25, 0.3) is 5.56 Å². The monoisotopic (exact) mass is 691 g/mol. The van der Waals surface area contributed by atoms with Crippen LogP contribution in [0.4, 0.5) is 39.5 Å². The van der Waals surface area contributed by atoms with Crippen LogP contribution in [-0.2, 0) is 38.2 Å². The summed E-state index contributed by atoms with van der Waals surface area (Å²) in [6.45, 7) is -0.955. The van der Waals surface area contributed by atoms with Gasteiger partial charge in [0, 0.05) is 11.8 Å². The molecule has 0 unspecified atom stereocenters. The SMILES string of the molecule is O=c1c2[nH]c(-c3cnn(Cc4ccccc4C(F)(F)F)c3)cc2n(Cc2ccc(C(F)(F)F)cc2)c(=O)n1Cc1ccc(C(F)(F)F)cc1. The summed E-state index contributed by atoms with van der Waals surface area (Å²) in [7, 11) is 0. The van der Waals surface area contributed by atoms with Crippen molar-refractivity contribution in [2.45, 2.75) is 38.2 Å². The molecule has 0 amide bonds. The Bertz CT molecular complexity index is 2260. The minimum atomic E-state index is -4.61. The van der Waals surface area contributed by atoms with Crippen molar-refractivity contribution >= 4 is 11.0 Å². The molecule has 3 aromatic carbocycles. The van der Waals surface area contributed by atoms with Crippen LogP contribution in [0.1, 0.15) is 33.4 Å². The maximum Gasteiger partial charge on any atom is 0.416 e. The Kier molecular flexibility index (Phi) is 8.28. The number of H-pyrrole nitrogens is 1. The Hall–Kier alpha value is -5.54. The molecule has 0 aliphatic heterocycles. The molecule has 0 aliphatic rings. The van der Waals surface area contributed by atoms with E-state index in [0.29, 0.717) is 5.56 Å². The average Bonchev–Trinajstić information content (AvgIpc) is 3.69. The van der Waals surface area contributed by atoms with Gasteiger partial charge in [-0.25, -0.2) is 4.79 Å². The van der Waals surface area contributed by atoms with Gasteiger partial charge in [0.05, 0.1) is 53.7 Å². The van der Waals surface area contributed by atoms with E-state index in [9.17, 15) is 49.1 Å². The van der Waals surface area contributed by atoms with Crippen LogP contribution in [0.5, 0.6) is 0 Å². The highest BCUT2D eigenvalue weighted by molar-refractivity contribution is 5.82. The highest BCUT2D eigenvalue weighted by Gasteiger charge is 2.33. The number of hydrogen-bond acceptors (Lipinski definition) is 3. The first-order valence-corrected chi connectivity index (χ1v) is 14.4. The van der Waals surface area contributed by atoms with Gasteiger partial charge in [-0.2, -0.15) is 44.6 Å². The second-order valence-electron chi connectivity index (χ2n) is 11.2. The second kappa shape index (κ2) is 12.2. The first kappa shape index (κ1) is 33.4. The third-order valence-corrected chi connectivity index (χ3v) is 7.85. The summed E-state index contributed by atoms with van der Waals surface area (Å²) in [6, 6.07) is 14.3. The van der Waals surface area contributed by atoms with Crippen molar-refractivity contribution in [1.29, 1.82) is 0 Å². The normalized spacial score (nSPS) is 12.6. The standard InChI is InChI=1S/C33H22F9N5O2/c34-31(35,36)23-9-5-19(6-10-23)15-46-27-13-26(22-14-43-45(18-22)17-21-3-1-2-4-25(21)33(40,41)42)44-28(27)29(48)47(30(46)49)16-20-7-11-24(12-8-20)32(37,38)39/h1-14,18,44H,15-17H2. The molecule has 1 N–H and O–H groups in total. The summed E-state index contributed by atoms with van der Waals surface area (Å²) >= 11 is 0. The van der Waals surface area contributed by atoms with Gasteiger partial charge in [0.1, 0.15) is 5.52 Å². The van der Waals surface area contributed by atoms with Crippen LogP contribution < -0.4 is 11.2 Å². The molecule has 3 heterocycles. The smallest absolute Gasteiger partial charge is 0.349 e. The zero-order valence-electron chi connectivity index (χ0n) is 24.8. The van der Waals surface area contributed by atoms with Crippen molar-refractivity contribution in [3.05, 3.63) is 145 Å². The summed E-state index contributed by atoms with van der Waals surface area (Å²) in [5.74, 6) is 0. The van der Waals surface area contributed by atoms with Crippen LogP contribution in [0.25, 0.3) is 22.3 Å². The number of nitrogens with one attached hydrogen (secondary N) is 1. The molecule has 49 heavy (non-hydrogen) atoms. The third kappa shape index (κ3) is 6.89. The number of nitrogens with zero attached hydrogens (tertiary/aromatic N) is 4. The average molecular weight is 692 g/mol. The highest BCUT2D eigenvalue weighted by atomic mass is 19.4. The van der Waals surface area contributed by atoms with Gasteiger partial charge >= 0.3 is 24.2 Å². The zero-order valence-corrected chi connectivity index (χ0v) is 24.8. The number of rotatable bonds is 7. The summed E-state index contributed by atoms with van der Waals surface area (Å²) in [5, 5.41) is 4.14. The Morgan fingerprint density at radius 1 is 0.653 bits per heavy atom. The predicted octanol–water partition coefficient (Wildman–Crippen LogP) is 7.56. The number of halogens is 9. The van der Waals surface area contributed by atoms with Crippen molar-refractivity contribution in [2.24, 2.45) is 0 Å². The van der Waals surface area contributed by atoms with Gasteiger partial charge < -0.3 is 4.98 Å². The van der Waals surface area contributed by atoms with E-state index in [4.69, 9.17) is 0 Å². The minimum absolute atomic E-state index is 0.0437. The molecule has 0 saturated carbocycles. The lowest BCUT2D eigenvalue weighted by molar-refractivity contribution is -0.138. The maximum absolute atomic E-state index is 13.8. The van der Waals surface area contributed by atoms with Crippen molar-refractivity contribution in [3.63, 3.8) is 0 Å². The number of alkyl halides is 9. The fourth-order valence-electron chi connectivity index (χ4n) is 5.40. The van der Waals surface area contributed by atoms with E-state index in [1.165, 1.54) is 53.5 Å². The van der Waals surface area contributed by atoms with E-state index in [-0.39, 0.29) is 46.5 Å². The van der Waals surface area contributed by atoms with Gasteiger partial charge in [-0.05, 0) is 53.1 Å². The highest BCUT2D eigenvalue weighted by Crippen LogP contribution is 2.33. The fraction of sp³-hybridized carbons (Fsp3) is 0.182. The number of hydrogen-bond donors (Lipinski definition) is 1. The zero-order chi connectivity index (χ0) is 35.3. The van der Waals surface area contributed by atoms with Crippen molar-refractivity contribution in [3.8, 4) is 11.3 Å². The van der Waals surface area contributed by atoms with E-state index in [0.717, 1.165) is 51.6 Å². The first-order chi connectivity index (χ1) is 23.0. The third-order valence-electron chi connectivity index (χ3n) is 7.85. The Labute approximate surface area is 269 Å². The molecule has 7 nitrogen and oxygen atoms in total. The van der Waals surface area contributed by atoms with Crippen LogP contribution >= 0.6 is 0 Å². The van der Waals surface area contributed by atoms with Crippen LogP contribution in [0, 0.1) is 0 Å². The molecule has 0 bridgehead atoms. The largest absolute Gasteiger partial charge is 0.416 e. The minimum Gasteiger partial charge on any atom is -0.349 e. The summed E-state index contributed by atoms with van der Waals surface area (Å²) < 4.78 is 122. The Morgan fingerprint density at radius 2 is 1.20 bits per heavy atom. The quantitative estimate of drug-likeness (QED) is 0.176. The van der Waals surface area contributed by atoms with Crippen LogP contribution in [0.2, 0.25) is 0 Å². The molecule has 0 aliphatic carbocycles. The Balaban J connectivity index is 1.42. The van der Waals surface area contributed by atoms with E-state index in [1.54, 1.807) is 0 Å². The maximum atomic E-state index is 13.8. The molecular weight excluding hydrogens is 669 g/mol. The number of benzene rings is 3. The first-order valence-electron chi connectivity index (χ1n) is 14.4. The van der Waals surface area contributed by atoms with Gasteiger partial charge in [-0.15, -0.1) is 0 Å². The van der Waals surface area contributed by atoms with Crippen molar-refractivity contribution in [1.82, 2.24) is 23.9 Å². The molecule has 254 valence electrons. The van der Waals surface area contributed by atoms with Crippen molar-refractivity contribution < 1.29 is 39.5 Å². The van der Waals surface area contributed by atoms with Crippen LogP contribution in [0.15, 0.2) is 101 Å². The van der Waals surface area contributed by atoms with E-state index >= 15 is 0 Å². The molecule has 0 saturated heterocycles. The number of aromatic amines is 1. The fourth-order valence-corrected chi connectivity index (χ4v) is 5.40. The van der Waals surface area contributed by atoms with Gasteiger partial charge in [-0.1, -0.05) is 42.5 Å². The molecule has 6 aromatic rings. The molecule has 0 radical (unpaired) electrons. The number of aromatic nitrogens is 5. The summed E-state index contributed by atoms with van der Waals surface area (Å²) in [5.41, 5.74) is -3.45. The van der Waals surface area contributed by atoms with Gasteiger partial charge in [0.2, 0.25) is 0 Å². The molecule has 16 heteroatoms.